The Kier molecular flexibility index (Phi) is 7.11. The third-order valence-corrected chi connectivity index (χ3v) is 7.42. The molecule has 2 aromatic rings. The summed E-state index contributed by atoms with van der Waals surface area (Å²) in [5.41, 5.74) is -4.38. The van der Waals surface area contributed by atoms with Crippen molar-refractivity contribution in [1.29, 1.82) is 5.26 Å². The quantitative estimate of drug-likeness (QED) is 0.305. The fourth-order valence-electron chi connectivity index (χ4n) is 3.98. The van der Waals surface area contributed by atoms with Crippen LogP contribution in [0.5, 0.6) is 5.75 Å². The van der Waals surface area contributed by atoms with E-state index in [1.54, 1.807) is 43.1 Å². The first-order valence-electron chi connectivity index (χ1n) is 11.2. The Morgan fingerprint density at radius 3 is 2.62 bits per heavy atom. The highest BCUT2D eigenvalue weighted by Gasteiger charge is 2.79. The van der Waals surface area contributed by atoms with Crippen LogP contribution in [0, 0.1) is 23.1 Å². The Bertz CT molecular complexity index is 1390. The topological polar surface area (TPSA) is 182 Å². The zero-order chi connectivity index (χ0) is 27.1. The maximum absolute atomic E-state index is 13.8. The van der Waals surface area contributed by atoms with E-state index in [-0.39, 0.29) is 5.75 Å². The number of esters is 1. The predicted molar refractivity (Wildman–Crippen MR) is 123 cm³/mol. The van der Waals surface area contributed by atoms with E-state index in [4.69, 9.17) is 18.5 Å². The Balaban J connectivity index is 1.58. The second-order valence-corrected chi connectivity index (χ2v) is 10.5. The molecule has 1 aromatic carbocycles. The number of carbonyl (C=O) groups is 1. The Labute approximate surface area is 209 Å². The smallest absolute Gasteiger partial charge is 0.459 e. The molecule has 0 amide bonds. The predicted octanol–water partition coefficient (Wildman–Crippen LogP) is 0.960. The molecule has 2 heterocycles. The van der Waals surface area contributed by atoms with Crippen LogP contribution in [-0.2, 0) is 23.4 Å². The molecule has 15 heteroatoms. The summed E-state index contributed by atoms with van der Waals surface area (Å²) in [6.07, 6.45) is -4.00. The average Bonchev–Trinajstić information content (AvgIpc) is 3.22. The summed E-state index contributed by atoms with van der Waals surface area (Å²) in [5, 5.41) is 23.4. The number of fused-ring (bicyclic) bond motifs is 1. The molecule has 0 radical (unpaired) electrons. The van der Waals surface area contributed by atoms with Crippen LogP contribution in [-0.4, -0.2) is 50.6 Å². The van der Waals surface area contributed by atoms with Gasteiger partial charge in [-0.3, -0.25) is 23.7 Å². The molecule has 3 N–H and O–H groups in total. The van der Waals surface area contributed by atoms with Crippen molar-refractivity contribution in [3.63, 3.8) is 0 Å². The van der Waals surface area contributed by atoms with Gasteiger partial charge in [-0.1, -0.05) is 18.2 Å². The maximum Gasteiger partial charge on any atom is 0.459 e. The van der Waals surface area contributed by atoms with E-state index in [1.807, 2.05) is 0 Å². The summed E-state index contributed by atoms with van der Waals surface area (Å²) in [7, 11) is -4.41. The number of benzene rings is 1. The van der Waals surface area contributed by atoms with Crippen LogP contribution in [0.25, 0.3) is 0 Å². The first-order valence-corrected chi connectivity index (χ1v) is 12.7. The number of nitriles is 1. The first-order chi connectivity index (χ1) is 17.4. The fraction of sp³-hybridized carbons (Fsp3) is 0.455. The summed E-state index contributed by atoms with van der Waals surface area (Å²) in [6, 6.07) is 8.51. The number of aromatic amines is 1. The number of carbonyl (C=O) groups excluding carboxylic acids is 1. The van der Waals surface area contributed by atoms with E-state index >= 15 is 0 Å². The summed E-state index contributed by atoms with van der Waals surface area (Å²) >= 11 is 0. The lowest BCUT2D eigenvalue weighted by molar-refractivity contribution is -0.149. The van der Waals surface area contributed by atoms with Crippen LogP contribution in [0.15, 0.2) is 46.1 Å². The molecule has 1 saturated heterocycles. The van der Waals surface area contributed by atoms with Crippen LogP contribution >= 0.6 is 7.75 Å². The average molecular weight is 538 g/mol. The van der Waals surface area contributed by atoms with Gasteiger partial charge in [0.25, 0.3) is 5.56 Å². The second kappa shape index (κ2) is 9.85. The molecule has 0 bridgehead atoms. The normalized spacial score (nSPS) is 28.6. The van der Waals surface area contributed by atoms with Crippen molar-refractivity contribution in [2.24, 2.45) is 5.92 Å². The summed E-state index contributed by atoms with van der Waals surface area (Å²) in [4.78, 5) is 37.6. The Morgan fingerprint density at radius 2 is 2.00 bits per heavy atom. The van der Waals surface area contributed by atoms with Gasteiger partial charge in [0.1, 0.15) is 35.5 Å². The second-order valence-electron chi connectivity index (χ2n) is 8.85. The molecular weight excluding hydrogens is 514 g/mol. The number of aliphatic hydroxyl groups is 1. The molecular formula is C22H24FN4O9P. The van der Waals surface area contributed by atoms with Crippen molar-refractivity contribution < 1.29 is 37.4 Å². The number of ether oxygens (including phenoxy) is 2. The zero-order valence-electron chi connectivity index (χ0n) is 19.9. The number of rotatable bonds is 9. The Hall–Kier alpha value is -3.34. The summed E-state index contributed by atoms with van der Waals surface area (Å²) in [5.74, 6) is -3.41. The summed E-state index contributed by atoms with van der Waals surface area (Å²) < 4.78 is 50.0. The van der Waals surface area contributed by atoms with Crippen molar-refractivity contribution in [2.45, 2.75) is 57.0 Å². The van der Waals surface area contributed by atoms with Crippen LogP contribution in [0.4, 0.5) is 4.39 Å². The van der Waals surface area contributed by atoms with Gasteiger partial charge in [-0.15, -0.1) is 0 Å². The number of nitrogens with zero attached hydrogens (tertiary/aromatic N) is 2. The van der Waals surface area contributed by atoms with Gasteiger partial charge in [0.05, 0.1) is 18.4 Å². The van der Waals surface area contributed by atoms with E-state index in [9.17, 15) is 33.7 Å². The van der Waals surface area contributed by atoms with Crippen LogP contribution in [0.1, 0.15) is 27.0 Å². The standard InChI is InChI=1S/C22H24FN4O9P/c1-11(2)33-20(29)12(3)26-37(32,35-13-7-5-4-6-8-13)36-17-16-22(17,31)14(9-24)19(34-16)27-10-15(23)18(28)25-21(27)30/h4-8,10-12,14,16-17,19,31H,1-3H3,(H,26,32)(H,25,28,30)/t12-,14+,16-,17?,19-,22+,37?/m1/s1. The van der Waals surface area contributed by atoms with Crippen molar-refractivity contribution in [3.05, 3.63) is 63.2 Å². The molecule has 1 saturated carbocycles. The van der Waals surface area contributed by atoms with Crippen LogP contribution < -0.4 is 20.9 Å². The molecule has 4 rings (SSSR count). The van der Waals surface area contributed by atoms with Gasteiger partial charge in [0, 0.05) is 0 Å². The first kappa shape index (κ1) is 26.7. The number of para-hydroxylation sites is 1. The molecule has 1 aromatic heterocycles. The van der Waals surface area contributed by atoms with E-state index in [0.717, 1.165) is 0 Å². The number of halogens is 1. The third kappa shape index (κ3) is 5.09. The molecule has 7 atom stereocenters. The molecule has 37 heavy (non-hydrogen) atoms. The van der Waals surface area contributed by atoms with E-state index < -0.39 is 72.9 Å². The van der Waals surface area contributed by atoms with Crippen molar-refractivity contribution >= 4 is 13.7 Å². The minimum atomic E-state index is -4.41. The molecule has 2 unspecified atom stereocenters. The number of H-pyrrole nitrogens is 1. The molecule has 0 spiro atoms. The van der Waals surface area contributed by atoms with Gasteiger partial charge in [-0.05, 0) is 32.9 Å². The van der Waals surface area contributed by atoms with E-state index in [2.05, 4.69) is 5.09 Å². The molecule has 2 fully saturated rings. The summed E-state index contributed by atoms with van der Waals surface area (Å²) in [6.45, 7) is 4.65. The van der Waals surface area contributed by atoms with Gasteiger partial charge < -0.3 is 19.1 Å². The van der Waals surface area contributed by atoms with E-state index in [1.165, 1.54) is 19.1 Å². The monoisotopic (exact) mass is 538 g/mol. The number of hydrogen-bond acceptors (Lipinski definition) is 10. The molecule has 2 aliphatic rings. The molecule has 13 nitrogen and oxygen atoms in total. The highest BCUT2D eigenvalue weighted by molar-refractivity contribution is 7.52. The van der Waals surface area contributed by atoms with Crippen molar-refractivity contribution in [2.75, 3.05) is 0 Å². The van der Waals surface area contributed by atoms with Gasteiger partial charge in [0.2, 0.25) is 5.82 Å². The number of aromatic nitrogens is 2. The SMILES string of the molecule is CC(C)OC(=O)[C@@H](C)NP(=O)(Oc1ccccc1)OC1[C@H]2O[C@@H](n3cc(F)c(=O)[nH]c3=O)[C@H](C#N)[C@@]12O. The minimum Gasteiger partial charge on any atom is -0.462 e. The lowest BCUT2D eigenvalue weighted by Gasteiger charge is -2.26. The molecule has 1 aliphatic carbocycles. The molecule has 1 aliphatic heterocycles. The minimum absolute atomic E-state index is 0.117. The lowest BCUT2D eigenvalue weighted by atomic mass is 10.0. The largest absolute Gasteiger partial charge is 0.462 e. The fourth-order valence-corrected chi connectivity index (χ4v) is 5.69. The van der Waals surface area contributed by atoms with Gasteiger partial charge in [-0.25, -0.2) is 9.36 Å². The molecule has 198 valence electrons. The van der Waals surface area contributed by atoms with Crippen LogP contribution in [0.3, 0.4) is 0 Å². The number of nitrogens with one attached hydrogen (secondary N) is 2. The van der Waals surface area contributed by atoms with Crippen molar-refractivity contribution in [3.8, 4) is 11.8 Å². The van der Waals surface area contributed by atoms with Crippen molar-refractivity contribution in [1.82, 2.24) is 14.6 Å². The zero-order valence-corrected chi connectivity index (χ0v) is 20.8. The van der Waals surface area contributed by atoms with Gasteiger partial charge >= 0.3 is 19.4 Å². The van der Waals surface area contributed by atoms with Gasteiger partial charge in [-0.2, -0.15) is 14.7 Å². The third-order valence-electron chi connectivity index (χ3n) is 5.76. The number of hydrogen-bond donors (Lipinski definition) is 3. The highest BCUT2D eigenvalue weighted by atomic mass is 31.2. The lowest BCUT2D eigenvalue weighted by Crippen LogP contribution is -2.40. The van der Waals surface area contributed by atoms with E-state index in [0.29, 0.717) is 10.8 Å². The maximum atomic E-state index is 13.8. The highest BCUT2D eigenvalue weighted by Crippen LogP contribution is 2.63. The van der Waals surface area contributed by atoms with Gasteiger partial charge in [0.15, 0.2) is 6.23 Å². The van der Waals surface area contributed by atoms with Crippen LogP contribution in [0.2, 0.25) is 0 Å². The Morgan fingerprint density at radius 1 is 1.32 bits per heavy atom.